The molecular formula is C7H7N5. The maximum Gasteiger partial charge on any atom is 0.155 e. The molecule has 0 fully saturated rings. The monoisotopic (exact) mass is 161 g/mol. The van der Waals surface area contributed by atoms with Crippen molar-refractivity contribution in [2.45, 2.75) is 0 Å². The standard InChI is InChI=1S/C7H7N5/c8-11-4-6-3-10-7-5-9-1-2-12(6)7/h1-5H,8H2/b11-4+. The fourth-order valence-electron chi connectivity index (χ4n) is 1.03. The summed E-state index contributed by atoms with van der Waals surface area (Å²) >= 11 is 0. The third kappa shape index (κ3) is 0.914. The van der Waals surface area contributed by atoms with Crippen molar-refractivity contribution in [1.29, 1.82) is 0 Å². The second-order valence-electron chi connectivity index (χ2n) is 2.27. The lowest BCUT2D eigenvalue weighted by Crippen LogP contribution is -1.92. The molecule has 5 heteroatoms. The van der Waals surface area contributed by atoms with E-state index in [4.69, 9.17) is 5.84 Å². The Bertz CT molecular complexity index is 416. The summed E-state index contributed by atoms with van der Waals surface area (Å²) in [6, 6.07) is 0. The van der Waals surface area contributed by atoms with Crippen LogP contribution in [0.15, 0.2) is 29.9 Å². The molecule has 0 bridgehead atoms. The van der Waals surface area contributed by atoms with Crippen molar-refractivity contribution in [2.24, 2.45) is 10.9 Å². The Morgan fingerprint density at radius 3 is 3.25 bits per heavy atom. The van der Waals surface area contributed by atoms with Crippen LogP contribution in [0.5, 0.6) is 0 Å². The van der Waals surface area contributed by atoms with Crippen molar-refractivity contribution in [3.8, 4) is 0 Å². The van der Waals surface area contributed by atoms with Gasteiger partial charge in [0.2, 0.25) is 0 Å². The fraction of sp³-hybridized carbons (Fsp3) is 0. The summed E-state index contributed by atoms with van der Waals surface area (Å²) in [6.07, 6.45) is 8.39. The summed E-state index contributed by atoms with van der Waals surface area (Å²) in [5.41, 5.74) is 1.63. The van der Waals surface area contributed by atoms with Gasteiger partial charge >= 0.3 is 0 Å². The van der Waals surface area contributed by atoms with Crippen LogP contribution in [0.4, 0.5) is 0 Å². The molecule has 0 saturated heterocycles. The number of nitrogens with zero attached hydrogens (tertiary/aromatic N) is 4. The number of hydrogen-bond donors (Lipinski definition) is 1. The van der Waals surface area contributed by atoms with E-state index in [1.165, 1.54) is 0 Å². The van der Waals surface area contributed by atoms with Gasteiger partial charge in [0, 0.05) is 12.4 Å². The van der Waals surface area contributed by atoms with Gasteiger partial charge in [-0.3, -0.25) is 9.38 Å². The van der Waals surface area contributed by atoms with Crippen molar-refractivity contribution in [2.75, 3.05) is 0 Å². The Kier molecular flexibility index (Phi) is 1.48. The molecule has 0 aliphatic heterocycles. The van der Waals surface area contributed by atoms with Crippen LogP contribution in [0.1, 0.15) is 5.69 Å². The first-order valence-corrected chi connectivity index (χ1v) is 3.42. The summed E-state index contributed by atoms with van der Waals surface area (Å²) in [6.45, 7) is 0. The molecule has 0 aliphatic carbocycles. The molecule has 0 aliphatic rings. The molecule has 2 heterocycles. The van der Waals surface area contributed by atoms with Crippen molar-refractivity contribution in [1.82, 2.24) is 14.4 Å². The van der Waals surface area contributed by atoms with Crippen LogP contribution in [-0.2, 0) is 0 Å². The number of rotatable bonds is 1. The molecule has 0 aromatic carbocycles. The zero-order chi connectivity index (χ0) is 8.39. The minimum atomic E-state index is 0.785. The molecule has 60 valence electrons. The second-order valence-corrected chi connectivity index (χ2v) is 2.27. The van der Waals surface area contributed by atoms with E-state index in [2.05, 4.69) is 15.1 Å². The molecule has 2 N–H and O–H groups in total. The Hall–Kier alpha value is -1.91. The molecule has 2 rings (SSSR count). The smallest absolute Gasteiger partial charge is 0.155 e. The van der Waals surface area contributed by atoms with E-state index in [0.717, 1.165) is 11.3 Å². The minimum absolute atomic E-state index is 0.785. The van der Waals surface area contributed by atoms with Gasteiger partial charge in [0.15, 0.2) is 5.65 Å². The van der Waals surface area contributed by atoms with Gasteiger partial charge in [-0.2, -0.15) is 5.10 Å². The van der Waals surface area contributed by atoms with Gasteiger partial charge < -0.3 is 5.84 Å². The van der Waals surface area contributed by atoms with Crippen molar-refractivity contribution >= 4 is 11.9 Å². The van der Waals surface area contributed by atoms with E-state index < -0.39 is 0 Å². The van der Waals surface area contributed by atoms with E-state index in [0.29, 0.717) is 0 Å². The minimum Gasteiger partial charge on any atom is -0.323 e. The van der Waals surface area contributed by atoms with Gasteiger partial charge in [-0.05, 0) is 0 Å². The molecule has 2 aromatic heterocycles. The van der Waals surface area contributed by atoms with Crippen LogP contribution in [0.25, 0.3) is 5.65 Å². The Balaban J connectivity index is 2.70. The Labute approximate surface area is 68.6 Å². The van der Waals surface area contributed by atoms with Gasteiger partial charge in [-0.25, -0.2) is 4.98 Å². The fourth-order valence-corrected chi connectivity index (χ4v) is 1.03. The molecule has 0 atom stereocenters. The average Bonchev–Trinajstić information content (AvgIpc) is 2.50. The number of hydrogen-bond acceptors (Lipinski definition) is 4. The third-order valence-corrected chi connectivity index (χ3v) is 1.55. The molecule has 0 amide bonds. The Morgan fingerprint density at radius 2 is 2.42 bits per heavy atom. The first-order valence-electron chi connectivity index (χ1n) is 3.42. The second kappa shape index (κ2) is 2.61. The first-order chi connectivity index (χ1) is 5.92. The predicted molar refractivity (Wildman–Crippen MR) is 44.8 cm³/mol. The first kappa shape index (κ1) is 6.78. The van der Waals surface area contributed by atoms with Crippen molar-refractivity contribution in [3.05, 3.63) is 30.5 Å². The van der Waals surface area contributed by atoms with Crippen LogP contribution >= 0.6 is 0 Å². The van der Waals surface area contributed by atoms with Crippen LogP contribution < -0.4 is 5.84 Å². The summed E-state index contributed by atoms with van der Waals surface area (Å²) in [7, 11) is 0. The molecule has 5 nitrogen and oxygen atoms in total. The van der Waals surface area contributed by atoms with Gasteiger partial charge in [0.25, 0.3) is 0 Å². The number of fused-ring (bicyclic) bond motifs is 1. The Morgan fingerprint density at radius 1 is 1.50 bits per heavy atom. The summed E-state index contributed by atoms with van der Waals surface area (Å²) in [5, 5.41) is 3.42. The SMILES string of the molecule is N/N=C/c1cnc2cnccn12. The average molecular weight is 161 g/mol. The molecule has 0 spiro atoms. The van der Waals surface area contributed by atoms with Crippen molar-refractivity contribution in [3.63, 3.8) is 0 Å². The molecule has 12 heavy (non-hydrogen) atoms. The highest BCUT2D eigenvalue weighted by atomic mass is 15.1. The van der Waals surface area contributed by atoms with E-state index in [1.807, 2.05) is 4.40 Å². The topological polar surface area (TPSA) is 68.6 Å². The van der Waals surface area contributed by atoms with Gasteiger partial charge in [-0.15, -0.1) is 0 Å². The molecule has 0 radical (unpaired) electrons. The summed E-state index contributed by atoms with van der Waals surface area (Å²) in [5.74, 6) is 5.02. The lowest BCUT2D eigenvalue weighted by atomic mass is 10.5. The lowest BCUT2D eigenvalue weighted by molar-refractivity contribution is 1.11. The van der Waals surface area contributed by atoms with E-state index in [9.17, 15) is 0 Å². The third-order valence-electron chi connectivity index (χ3n) is 1.55. The van der Waals surface area contributed by atoms with Gasteiger partial charge in [0.1, 0.15) is 0 Å². The summed E-state index contributed by atoms with van der Waals surface area (Å²) in [4.78, 5) is 8.02. The molecule has 0 saturated carbocycles. The number of hydrazone groups is 1. The van der Waals surface area contributed by atoms with Crippen LogP contribution in [0.2, 0.25) is 0 Å². The molecular weight excluding hydrogens is 154 g/mol. The number of nitrogens with two attached hydrogens (primary N) is 1. The van der Waals surface area contributed by atoms with Crippen LogP contribution in [0.3, 0.4) is 0 Å². The molecule has 0 unspecified atom stereocenters. The molecule has 2 aromatic rings. The maximum atomic E-state index is 5.02. The van der Waals surface area contributed by atoms with E-state index in [-0.39, 0.29) is 0 Å². The maximum absolute atomic E-state index is 5.02. The number of imidazole rings is 1. The lowest BCUT2D eigenvalue weighted by Gasteiger charge is -1.92. The van der Waals surface area contributed by atoms with E-state index >= 15 is 0 Å². The number of aromatic nitrogens is 3. The largest absolute Gasteiger partial charge is 0.323 e. The highest BCUT2D eigenvalue weighted by Gasteiger charge is 1.97. The quantitative estimate of drug-likeness (QED) is 0.364. The zero-order valence-corrected chi connectivity index (χ0v) is 6.25. The van der Waals surface area contributed by atoms with E-state index in [1.54, 1.807) is 31.0 Å². The highest BCUT2D eigenvalue weighted by Crippen LogP contribution is 2.01. The van der Waals surface area contributed by atoms with Gasteiger partial charge in [-0.1, -0.05) is 0 Å². The predicted octanol–water partition coefficient (Wildman–Crippen LogP) is 0.0219. The van der Waals surface area contributed by atoms with Gasteiger partial charge in [0.05, 0.1) is 24.3 Å². The zero-order valence-electron chi connectivity index (χ0n) is 6.25. The van der Waals surface area contributed by atoms with Crippen molar-refractivity contribution < 1.29 is 0 Å². The highest BCUT2D eigenvalue weighted by molar-refractivity contribution is 5.78. The normalized spacial score (nSPS) is 11.3. The van der Waals surface area contributed by atoms with Crippen LogP contribution in [-0.4, -0.2) is 20.6 Å². The van der Waals surface area contributed by atoms with Crippen LogP contribution in [0, 0.1) is 0 Å². The summed E-state index contributed by atoms with van der Waals surface area (Å²) < 4.78 is 1.85.